The van der Waals surface area contributed by atoms with Crippen LogP contribution in [0.25, 0.3) is 0 Å². The Morgan fingerprint density at radius 2 is 1.65 bits per heavy atom. The van der Waals surface area contributed by atoms with Crippen molar-refractivity contribution in [3.05, 3.63) is 35.9 Å². The van der Waals surface area contributed by atoms with Crippen LogP contribution in [0.2, 0.25) is 0 Å². The van der Waals surface area contributed by atoms with Gasteiger partial charge in [0.25, 0.3) is 0 Å². The molecule has 1 fully saturated rings. The molecule has 1 aliphatic rings. The molecule has 1 aliphatic heterocycles. The number of hydrogen-bond acceptors (Lipinski definition) is 3. The molecule has 1 aromatic carbocycles. The summed E-state index contributed by atoms with van der Waals surface area (Å²) < 4.78 is 5.63. The summed E-state index contributed by atoms with van der Waals surface area (Å²) in [5.74, 6) is -0.0216. The second kappa shape index (κ2) is 7.29. The first-order valence-electron chi connectivity index (χ1n) is 9.24. The highest BCUT2D eigenvalue weighted by molar-refractivity contribution is 5.89. The Balaban J connectivity index is 2.29. The number of amides is 2. The lowest BCUT2D eigenvalue weighted by molar-refractivity contribution is -0.129. The normalized spacial score (nSPS) is 21.3. The van der Waals surface area contributed by atoms with Crippen LogP contribution < -0.4 is 0 Å². The fraction of sp³-hybridized carbons (Fsp3) is 0.619. The number of benzene rings is 1. The third-order valence-electron chi connectivity index (χ3n) is 4.53. The molecule has 0 bridgehead atoms. The molecular formula is C21H32N2O3. The van der Waals surface area contributed by atoms with Crippen LogP contribution in [-0.2, 0) is 16.0 Å². The molecule has 2 amide bonds. The van der Waals surface area contributed by atoms with Crippen molar-refractivity contribution in [1.82, 2.24) is 9.80 Å². The van der Waals surface area contributed by atoms with Crippen LogP contribution >= 0.6 is 0 Å². The molecule has 0 aromatic heterocycles. The van der Waals surface area contributed by atoms with Gasteiger partial charge in [0.15, 0.2) is 0 Å². The molecule has 2 unspecified atom stereocenters. The average Bonchev–Trinajstić information content (AvgIpc) is 2.76. The topological polar surface area (TPSA) is 49.9 Å². The van der Waals surface area contributed by atoms with E-state index in [1.165, 1.54) is 0 Å². The van der Waals surface area contributed by atoms with E-state index >= 15 is 0 Å². The molecule has 144 valence electrons. The first kappa shape index (κ1) is 20.3. The van der Waals surface area contributed by atoms with Crippen molar-refractivity contribution in [3.63, 3.8) is 0 Å². The summed E-state index contributed by atoms with van der Waals surface area (Å²) >= 11 is 0. The highest BCUT2D eigenvalue weighted by Gasteiger charge is 2.52. The summed E-state index contributed by atoms with van der Waals surface area (Å²) in [6, 6.07) is 9.54. The van der Waals surface area contributed by atoms with E-state index < -0.39 is 17.7 Å². The molecule has 1 saturated heterocycles. The van der Waals surface area contributed by atoms with Gasteiger partial charge in [-0.15, -0.1) is 0 Å². The zero-order chi connectivity index (χ0) is 19.7. The molecular weight excluding hydrogens is 328 g/mol. The zero-order valence-corrected chi connectivity index (χ0v) is 17.1. The number of rotatable bonds is 3. The standard InChI is InChI=1S/C21H32N2O3/c1-20(2,3)18-22(7)17(24)16(14-13-15-11-9-8-10-12-15)23(18)19(25)26-21(4,5)6/h8-12,16,18H,13-14H2,1-7H3. The van der Waals surface area contributed by atoms with E-state index in [1.807, 2.05) is 71.9 Å². The molecule has 0 saturated carbocycles. The maximum absolute atomic E-state index is 13.0. The number of aryl methyl sites for hydroxylation is 1. The summed E-state index contributed by atoms with van der Waals surface area (Å²) in [7, 11) is 1.78. The summed E-state index contributed by atoms with van der Waals surface area (Å²) in [5.41, 5.74) is 0.280. The Labute approximate surface area is 157 Å². The van der Waals surface area contributed by atoms with E-state index in [2.05, 4.69) is 0 Å². The monoisotopic (exact) mass is 360 g/mol. The third kappa shape index (κ3) is 4.57. The molecule has 2 rings (SSSR count). The highest BCUT2D eigenvalue weighted by Crippen LogP contribution is 2.36. The Morgan fingerprint density at radius 3 is 2.15 bits per heavy atom. The van der Waals surface area contributed by atoms with Gasteiger partial charge in [-0.1, -0.05) is 51.1 Å². The summed E-state index contributed by atoms with van der Waals surface area (Å²) in [4.78, 5) is 29.2. The predicted octanol–water partition coefficient (Wildman–Crippen LogP) is 4.07. The Kier molecular flexibility index (Phi) is 5.69. The lowest BCUT2D eigenvalue weighted by atomic mass is 9.91. The van der Waals surface area contributed by atoms with Crippen molar-refractivity contribution < 1.29 is 14.3 Å². The number of carbonyl (C=O) groups excluding carboxylic acids is 2. The van der Waals surface area contributed by atoms with Gasteiger partial charge in [-0.2, -0.15) is 0 Å². The molecule has 5 nitrogen and oxygen atoms in total. The molecule has 0 radical (unpaired) electrons. The van der Waals surface area contributed by atoms with Crippen LogP contribution in [0.1, 0.15) is 53.5 Å². The number of hydrogen-bond donors (Lipinski definition) is 0. The Bertz CT molecular complexity index is 643. The maximum Gasteiger partial charge on any atom is 0.412 e. The van der Waals surface area contributed by atoms with E-state index in [-0.39, 0.29) is 17.5 Å². The average molecular weight is 360 g/mol. The van der Waals surface area contributed by atoms with Crippen LogP contribution in [0, 0.1) is 5.41 Å². The highest BCUT2D eigenvalue weighted by atomic mass is 16.6. The van der Waals surface area contributed by atoms with Crippen molar-refractivity contribution in [2.45, 2.75) is 72.2 Å². The van der Waals surface area contributed by atoms with Gasteiger partial charge in [0.2, 0.25) is 5.91 Å². The fourth-order valence-corrected chi connectivity index (χ4v) is 3.58. The Hall–Kier alpha value is -2.04. The minimum Gasteiger partial charge on any atom is -0.444 e. The van der Waals surface area contributed by atoms with Gasteiger partial charge >= 0.3 is 6.09 Å². The fourth-order valence-electron chi connectivity index (χ4n) is 3.58. The van der Waals surface area contributed by atoms with Gasteiger partial charge in [0.1, 0.15) is 17.8 Å². The molecule has 26 heavy (non-hydrogen) atoms. The lowest BCUT2D eigenvalue weighted by Crippen LogP contribution is -2.52. The molecule has 2 atom stereocenters. The number of carbonyl (C=O) groups is 2. The van der Waals surface area contributed by atoms with Crippen LogP contribution in [0.4, 0.5) is 4.79 Å². The van der Waals surface area contributed by atoms with Crippen LogP contribution in [-0.4, -0.2) is 46.7 Å². The van der Waals surface area contributed by atoms with Gasteiger partial charge < -0.3 is 9.64 Å². The van der Waals surface area contributed by atoms with Crippen LogP contribution in [0.5, 0.6) is 0 Å². The van der Waals surface area contributed by atoms with E-state index in [1.54, 1.807) is 16.8 Å². The smallest absolute Gasteiger partial charge is 0.412 e. The van der Waals surface area contributed by atoms with Crippen molar-refractivity contribution in [3.8, 4) is 0 Å². The summed E-state index contributed by atoms with van der Waals surface area (Å²) in [6.45, 7) is 11.7. The van der Waals surface area contributed by atoms with E-state index in [0.717, 1.165) is 12.0 Å². The second-order valence-corrected chi connectivity index (χ2v) is 9.12. The Morgan fingerprint density at radius 1 is 1.08 bits per heavy atom. The van der Waals surface area contributed by atoms with Crippen LogP contribution in [0.3, 0.4) is 0 Å². The minimum atomic E-state index is -0.603. The number of likely N-dealkylation sites (N-methyl/N-ethyl adjacent to an activating group) is 1. The quantitative estimate of drug-likeness (QED) is 0.816. The van der Waals surface area contributed by atoms with Crippen molar-refractivity contribution in [2.24, 2.45) is 5.41 Å². The van der Waals surface area contributed by atoms with Gasteiger partial charge in [-0.3, -0.25) is 9.69 Å². The molecule has 5 heteroatoms. The van der Waals surface area contributed by atoms with E-state index in [4.69, 9.17) is 4.74 Å². The van der Waals surface area contributed by atoms with Gasteiger partial charge in [-0.25, -0.2) is 4.79 Å². The largest absolute Gasteiger partial charge is 0.444 e. The molecule has 0 aliphatic carbocycles. The van der Waals surface area contributed by atoms with Crippen molar-refractivity contribution in [1.29, 1.82) is 0 Å². The predicted molar refractivity (Wildman–Crippen MR) is 103 cm³/mol. The lowest BCUT2D eigenvalue weighted by Gasteiger charge is -2.39. The third-order valence-corrected chi connectivity index (χ3v) is 4.53. The maximum atomic E-state index is 13.0. The van der Waals surface area contributed by atoms with Gasteiger partial charge in [0.05, 0.1) is 0 Å². The number of nitrogens with zero attached hydrogens (tertiary/aromatic N) is 2. The van der Waals surface area contributed by atoms with Gasteiger partial charge in [0, 0.05) is 12.5 Å². The first-order valence-corrected chi connectivity index (χ1v) is 9.24. The molecule has 0 spiro atoms. The SMILES string of the molecule is CN1C(=O)C(CCc2ccccc2)N(C(=O)OC(C)(C)C)C1C(C)(C)C. The molecule has 1 aromatic rings. The van der Waals surface area contributed by atoms with Crippen LogP contribution in [0.15, 0.2) is 30.3 Å². The van der Waals surface area contributed by atoms with E-state index in [9.17, 15) is 9.59 Å². The van der Waals surface area contributed by atoms with Gasteiger partial charge in [-0.05, 0) is 39.2 Å². The summed E-state index contributed by atoms with van der Waals surface area (Å²) in [6.07, 6.45) is 0.569. The van der Waals surface area contributed by atoms with E-state index in [0.29, 0.717) is 6.42 Å². The zero-order valence-electron chi connectivity index (χ0n) is 17.1. The number of ether oxygens (including phenoxy) is 1. The second-order valence-electron chi connectivity index (χ2n) is 9.12. The summed E-state index contributed by atoms with van der Waals surface area (Å²) in [5, 5.41) is 0. The molecule has 1 heterocycles. The van der Waals surface area contributed by atoms with Crippen molar-refractivity contribution >= 4 is 12.0 Å². The first-order chi connectivity index (χ1) is 11.9. The van der Waals surface area contributed by atoms with Crippen molar-refractivity contribution in [2.75, 3.05) is 7.05 Å². The molecule has 0 N–H and O–H groups in total. The minimum absolute atomic E-state index is 0.0216.